The zero-order valence-electron chi connectivity index (χ0n) is 4.55. The van der Waals surface area contributed by atoms with E-state index >= 15 is 0 Å². The molecule has 0 aromatic carbocycles. The molecule has 1 N–H and O–H groups in total. The molecule has 0 saturated heterocycles. The summed E-state index contributed by atoms with van der Waals surface area (Å²) in [6, 6.07) is 0. The Hall–Kier alpha value is 0.239. The van der Waals surface area contributed by atoms with Gasteiger partial charge in [0.15, 0.2) is 9.04 Å². The maximum absolute atomic E-state index is 8.60. The van der Waals surface area contributed by atoms with Crippen LogP contribution in [0.15, 0.2) is 0 Å². The molecule has 6 heteroatoms. The maximum atomic E-state index is 8.60. The summed E-state index contributed by atoms with van der Waals surface area (Å²) in [4.78, 5) is 8.16. The van der Waals surface area contributed by atoms with Gasteiger partial charge in [0.2, 0.25) is 0 Å². The van der Waals surface area contributed by atoms with E-state index in [2.05, 4.69) is 0 Å². The van der Waals surface area contributed by atoms with Crippen LogP contribution in [0.1, 0.15) is 0 Å². The fraction of sp³-hybridized carbons (Fsp3) is 1.00. The Labute approximate surface area is 54.4 Å². The first-order chi connectivity index (χ1) is 3.46. The Morgan fingerprint density at radius 1 is 1.25 bits per heavy atom. The molecule has 8 heavy (non-hydrogen) atoms. The molecule has 0 saturated carbocycles. The summed E-state index contributed by atoms with van der Waals surface area (Å²) in [7, 11) is -0.880. The van der Waals surface area contributed by atoms with Crippen LogP contribution in [0, 0.1) is 0 Å². The van der Waals surface area contributed by atoms with Crippen LogP contribution in [-0.4, -0.2) is 13.8 Å². The molecule has 0 atom stereocenters. The van der Waals surface area contributed by atoms with Gasteiger partial charge in [-0.2, -0.15) is 0 Å². The van der Waals surface area contributed by atoms with E-state index in [1.165, 1.54) is 0 Å². The Balaban J connectivity index is 0. The third-order valence-electron chi connectivity index (χ3n) is 0. The zero-order valence-corrected chi connectivity index (χ0v) is 8.27. The Kier molecular flexibility index (Phi) is 10.0. The van der Waals surface area contributed by atoms with Gasteiger partial charge in [-0.15, -0.1) is 0 Å². The van der Waals surface area contributed by atoms with Crippen molar-refractivity contribution in [2.24, 2.45) is 0 Å². The van der Waals surface area contributed by atoms with Gasteiger partial charge >= 0.3 is 27.0 Å². The fourth-order valence-corrected chi connectivity index (χ4v) is 0. The summed E-state index contributed by atoms with van der Waals surface area (Å²) in [6.45, 7) is 3.65. The van der Waals surface area contributed by atoms with Crippen LogP contribution in [0.5, 0.6) is 0 Å². The van der Waals surface area contributed by atoms with Crippen molar-refractivity contribution >= 4 is 9.04 Å². The standard InChI is InChI=1S/C2H7OSi.3O.Re/c1-4(2)3;;;;/h3H,1-2H3;;;;. The van der Waals surface area contributed by atoms with Gasteiger partial charge < -0.3 is 4.80 Å². The van der Waals surface area contributed by atoms with Gasteiger partial charge in [0, 0.05) is 0 Å². The van der Waals surface area contributed by atoms with Gasteiger partial charge in [0.05, 0.1) is 0 Å². The van der Waals surface area contributed by atoms with Crippen LogP contribution in [0.25, 0.3) is 0 Å². The van der Waals surface area contributed by atoms with E-state index in [9.17, 15) is 0 Å². The monoisotopic (exact) mass is 310 g/mol. The molecule has 1 radical (unpaired) electrons. The number of hydrogen-bond acceptors (Lipinski definition) is 4. The predicted octanol–water partition coefficient (Wildman–Crippen LogP) is -0.129. The molecule has 0 heterocycles. The minimum absolute atomic E-state index is 0.880. The van der Waals surface area contributed by atoms with Crippen molar-refractivity contribution in [3.63, 3.8) is 0 Å². The van der Waals surface area contributed by atoms with Crippen LogP contribution in [0.4, 0.5) is 0 Å². The first-order valence-electron chi connectivity index (χ1n) is 1.69. The average molecular weight is 309 g/mol. The molecule has 0 aromatic heterocycles. The summed E-state index contributed by atoms with van der Waals surface area (Å²) in [6.07, 6.45) is 0. The van der Waals surface area contributed by atoms with Crippen molar-refractivity contribution in [1.82, 2.24) is 0 Å². The zero-order chi connectivity index (χ0) is 7.15. The quantitative estimate of drug-likeness (QED) is 0.633. The van der Waals surface area contributed by atoms with Crippen LogP contribution >= 0.6 is 0 Å². The molecule has 50 valence electrons. The van der Waals surface area contributed by atoms with E-state index in [1.807, 2.05) is 13.1 Å². The molecule has 0 aromatic rings. The van der Waals surface area contributed by atoms with Crippen molar-refractivity contribution in [2.75, 3.05) is 0 Å². The molecular weight excluding hydrogens is 302 g/mol. The van der Waals surface area contributed by atoms with E-state index in [1.54, 1.807) is 0 Å². The average Bonchev–Trinajstić information content (AvgIpc) is 1.25. The molecule has 0 bridgehead atoms. The number of hydrogen-bond donors (Lipinski definition) is 1. The van der Waals surface area contributed by atoms with Crippen LogP contribution in [0.3, 0.4) is 0 Å². The summed E-state index contributed by atoms with van der Waals surface area (Å²) < 4.78 is 25.8. The molecule has 0 rings (SSSR count). The van der Waals surface area contributed by atoms with E-state index in [0.29, 0.717) is 0 Å². The normalized spacial score (nSPS) is 7.50. The molecule has 0 amide bonds. The van der Waals surface area contributed by atoms with Gasteiger partial charge in [-0.3, -0.25) is 0 Å². The van der Waals surface area contributed by atoms with E-state index in [-0.39, 0.29) is 0 Å². The first-order valence-corrected chi connectivity index (χ1v) is 7.46. The Morgan fingerprint density at radius 2 is 1.25 bits per heavy atom. The summed E-state index contributed by atoms with van der Waals surface area (Å²) >= 11 is -4.21. The minimum atomic E-state index is -4.21. The van der Waals surface area contributed by atoms with Gasteiger partial charge in [-0.25, -0.2) is 0 Å². The second kappa shape index (κ2) is 7.24. The van der Waals surface area contributed by atoms with Crippen molar-refractivity contribution in [2.45, 2.75) is 13.1 Å². The Morgan fingerprint density at radius 3 is 1.25 bits per heavy atom. The molecule has 0 unspecified atom stereocenters. The van der Waals surface area contributed by atoms with Gasteiger partial charge in [-0.1, -0.05) is 0 Å². The topological polar surface area (TPSA) is 71.4 Å². The van der Waals surface area contributed by atoms with Gasteiger partial charge in [0.1, 0.15) is 0 Å². The third kappa shape index (κ3) is 2990. The summed E-state index contributed by atoms with van der Waals surface area (Å²) in [5.74, 6) is 0. The first kappa shape index (κ1) is 11.1. The van der Waals surface area contributed by atoms with Crippen molar-refractivity contribution in [3.8, 4) is 0 Å². The van der Waals surface area contributed by atoms with Gasteiger partial charge in [0.25, 0.3) is 0 Å². The molecule has 4 nitrogen and oxygen atoms in total. The summed E-state index contributed by atoms with van der Waals surface area (Å²) in [5.41, 5.74) is 0. The molecule has 0 aliphatic carbocycles. The van der Waals surface area contributed by atoms with Crippen LogP contribution in [0.2, 0.25) is 13.1 Å². The van der Waals surface area contributed by atoms with Gasteiger partial charge in [-0.05, 0) is 13.1 Å². The third-order valence-corrected chi connectivity index (χ3v) is 0. The molecule has 0 aliphatic rings. The van der Waals surface area contributed by atoms with Crippen molar-refractivity contribution < 1.29 is 31.8 Å². The van der Waals surface area contributed by atoms with E-state index < -0.39 is 25.7 Å². The molecule has 0 fully saturated rings. The van der Waals surface area contributed by atoms with E-state index in [4.69, 9.17) is 15.2 Å². The van der Waals surface area contributed by atoms with Crippen LogP contribution < -0.4 is 0 Å². The van der Waals surface area contributed by atoms with Crippen molar-refractivity contribution in [3.05, 3.63) is 0 Å². The fourth-order valence-electron chi connectivity index (χ4n) is 0. The molecular formula is C2H7O4ReSi. The SMILES string of the molecule is C[Si](C)O.[O]=[Re](=[O])=[O]. The second-order valence-corrected chi connectivity index (χ2v) is 4.39. The van der Waals surface area contributed by atoms with Crippen molar-refractivity contribution in [1.29, 1.82) is 0 Å². The number of rotatable bonds is 0. The Bertz CT molecular complexity index is 112. The molecule has 0 aliphatic heterocycles. The molecule has 0 spiro atoms. The second-order valence-electron chi connectivity index (χ2n) is 1.14. The van der Waals surface area contributed by atoms with E-state index in [0.717, 1.165) is 0 Å². The van der Waals surface area contributed by atoms with Crippen LogP contribution in [-0.2, 0) is 27.0 Å². The predicted molar refractivity (Wildman–Crippen MR) is 21.8 cm³/mol. The summed E-state index contributed by atoms with van der Waals surface area (Å²) in [5, 5.41) is 0.